The van der Waals surface area contributed by atoms with Crippen molar-refractivity contribution in [2.24, 2.45) is 11.8 Å². The van der Waals surface area contributed by atoms with Gasteiger partial charge < -0.3 is 9.47 Å². The zero-order valence-electron chi connectivity index (χ0n) is 7.24. The highest BCUT2D eigenvalue weighted by Gasteiger charge is 2.51. The molecule has 0 N–H and O–H groups in total. The molecule has 12 heavy (non-hydrogen) atoms. The summed E-state index contributed by atoms with van der Waals surface area (Å²) >= 11 is 0. The van der Waals surface area contributed by atoms with Crippen LogP contribution in [0.3, 0.4) is 0 Å². The maximum atomic E-state index is 11.1. The van der Waals surface area contributed by atoms with E-state index in [0.29, 0.717) is 0 Å². The Hall–Kier alpha value is -0.990. The second-order valence-corrected chi connectivity index (χ2v) is 3.53. The Kier molecular flexibility index (Phi) is 1.43. The van der Waals surface area contributed by atoms with Crippen molar-refractivity contribution in [2.75, 3.05) is 0 Å². The van der Waals surface area contributed by atoms with Gasteiger partial charge in [0, 0.05) is 0 Å². The van der Waals surface area contributed by atoms with Gasteiger partial charge in [-0.15, -0.1) is 0 Å². The quantitative estimate of drug-likeness (QED) is 0.508. The smallest absolute Gasteiger partial charge is 0.313 e. The van der Waals surface area contributed by atoms with Crippen molar-refractivity contribution in [1.29, 1.82) is 0 Å². The zero-order valence-corrected chi connectivity index (χ0v) is 7.24. The highest BCUT2D eigenvalue weighted by Crippen LogP contribution is 2.39. The molecular weight excluding hydrogens is 156 g/mol. The van der Waals surface area contributed by atoms with Crippen molar-refractivity contribution >= 4 is 5.97 Å². The van der Waals surface area contributed by atoms with Crippen LogP contribution in [0.2, 0.25) is 0 Å². The minimum absolute atomic E-state index is 0.0972. The topological polar surface area (TPSA) is 35.5 Å². The van der Waals surface area contributed by atoms with E-state index in [9.17, 15) is 4.79 Å². The SMILES string of the molecule is C=C1OC2C(C)C(=O)OC2C1C. The van der Waals surface area contributed by atoms with Gasteiger partial charge in [-0.25, -0.2) is 0 Å². The number of fused-ring (bicyclic) bond motifs is 1. The van der Waals surface area contributed by atoms with E-state index in [1.165, 1.54) is 0 Å². The van der Waals surface area contributed by atoms with Gasteiger partial charge in [0.15, 0.2) is 0 Å². The monoisotopic (exact) mass is 168 g/mol. The minimum Gasteiger partial charge on any atom is -0.490 e. The van der Waals surface area contributed by atoms with Crippen LogP contribution in [0, 0.1) is 11.8 Å². The van der Waals surface area contributed by atoms with Gasteiger partial charge >= 0.3 is 5.97 Å². The van der Waals surface area contributed by atoms with Crippen molar-refractivity contribution in [3.05, 3.63) is 12.3 Å². The Morgan fingerprint density at radius 3 is 2.33 bits per heavy atom. The molecule has 0 radical (unpaired) electrons. The van der Waals surface area contributed by atoms with Crippen molar-refractivity contribution in [3.8, 4) is 0 Å². The van der Waals surface area contributed by atoms with Crippen LogP contribution in [0.25, 0.3) is 0 Å². The Labute approximate surface area is 71.3 Å². The van der Waals surface area contributed by atoms with Gasteiger partial charge in [0.2, 0.25) is 0 Å². The van der Waals surface area contributed by atoms with Crippen LogP contribution in [0.1, 0.15) is 13.8 Å². The lowest BCUT2D eigenvalue weighted by Crippen LogP contribution is -2.23. The first-order chi connectivity index (χ1) is 5.61. The lowest BCUT2D eigenvalue weighted by Gasteiger charge is -2.08. The molecule has 0 aromatic carbocycles. The largest absolute Gasteiger partial charge is 0.490 e. The fourth-order valence-electron chi connectivity index (χ4n) is 1.75. The van der Waals surface area contributed by atoms with Gasteiger partial charge in [-0.3, -0.25) is 4.79 Å². The highest BCUT2D eigenvalue weighted by molar-refractivity contribution is 5.75. The average Bonchev–Trinajstić information content (AvgIpc) is 2.43. The molecule has 2 heterocycles. The van der Waals surface area contributed by atoms with E-state index in [1.807, 2.05) is 13.8 Å². The fraction of sp³-hybridized carbons (Fsp3) is 0.667. The Balaban J connectivity index is 2.24. The first-order valence-electron chi connectivity index (χ1n) is 4.17. The van der Waals surface area contributed by atoms with Crippen LogP contribution >= 0.6 is 0 Å². The van der Waals surface area contributed by atoms with Crippen LogP contribution in [0.15, 0.2) is 12.3 Å². The average molecular weight is 168 g/mol. The summed E-state index contributed by atoms with van der Waals surface area (Å²) < 4.78 is 10.6. The molecule has 0 spiro atoms. The molecule has 4 unspecified atom stereocenters. The van der Waals surface area contributed by atoms with E-state index in [2.05, 4.69) is 6.58 Å². The van der Waals surface area contributed by atoms with Crippen LogP contribution in [0.4, 0.5) is 0 Å². The molecule has 66 valence electrons. The number of esters is 1. The first kappa shape index (κ1) is 7.65. The van der Waals surface area contributed by atoms with Gasteiger partial charge in [-0.1, -0.05) is 13.5 Å². The lowest BCUT2D eigenvalue weighted by molar-refractivity contribution is -0.144. The molecule has 0 bridgehead atoms. The summed E-state index contributed by atoms with van der Waals surface area (Å²) in [6, 6.07) is 0. The molecule has 0 aliphatic carbocycles. The highest BCUT2D eigenvalue weighted by atomic mass is 16.6. The van der Waals surface area contributed by atoms with Gasteiger partial charge in [0.05, 0.1) is 17.6 Å². The van der Waals surface area contributed by atoms with E-state index in [-0.39, 0.29) is 30.0 Å². The molecule has 0 aromatic rings. The molecule has 2 aliphatic rings. The number of carbonyl (C=O) groups is 1. The molecule has 2 aliphatic heterocycles. The third-order valence-corrected chi connectivity index (χ3v) is 2.73. The van der Waals surface area contributed by atoms with Crippen LogP contribution in [-0.4, -0.2) is 18.2 Å². The Morgan fingerprint density at radius 2 is 1.75 bits per heavy atom. The second kappa shape index (κ2) is 2.25. The van der Waals surface area contributed by atoms with Crippen molar-refractivity contribution in [3.63, 3.8) is 0 Å². The lowest BCUT2D eigenvalue weighted by atomic mass is 9.98. The summed E-state index contributed by atoms with van der Waals surface area (Å²) in [6.45, 7) is 7.57. The van der Waals surface area contributed by atoms with Gasteiger partial charge in [-0.2, -0.15) is 0 Å². The molecule has 2 fully saturated rings. The summed E-state index contributed by atoms with van der Waals surface area (Å²) in [5.41, 5.74) is 0. The molecule has 0 saturated carbocycles. The summed E-state index contributed by atoms with van der Waals surface area (Å²) in [4.78, 5) is 11.1. The molecule has 4 atom stereocenters. The van der Waals surface area contributed by atoms with E-state index < -0.39 is 0 Å². The molecule has 2 rings (SSSR count). The van der Waals surface area contributed by atoms with Crippen molar-refractivity contribution in [1.82, 2.24) is 0 Å². The van der Waals surface area contributed by atoms with Crippen molar-refractivity contribution < 1.29 is 14.3 Å². The summed E-state index contributed by atoms with van der Waals surface area (Å²) in [5.74, 6) is 0.592. The first-order valence-corrected chi connectivity index (χ1v) is 4.17. The van der Waals surface area contributed by atoms with Gasteiger partial charge in [0.1, 0.15) is 12.2 Å². The van der Waals surface area contributed by atoms with Crippen LogP contribution in [0.5, 0.6) is 0 Å². The number of hydrogen-bond donors (Lipinski definition) is 0. The van der Waals surface area contributed by atoms with Crippen LogP contribution < -0.4 is 0 Å². The Morgan fingerprint density at radius 1 is 1.17 bits per heavy atom. The normalized spacial score (nSPS) is 45.5. The van der Waals surface area contributed by atoms with E-state index in [0.717, 1.165) is 5.76 Å². The maximum absolute atomic E-state index is 11.1. The number of carbonyl (C=O) groups excluding carboxylic acids is 1. The molecule has 3 heteroatoms. The molecule has 0 amide bonds. The molecule has 2 saturated heterocycles. The predicted molar refractivity (Wildman–Crippen MR) is 42.2 cm³/mol. The van der Waals surface area contributed by atoms with Gasteiger partial charge in [-0.05, 0) is 6.92 Å². The third kappa shape index (κ3) is 0.792. The Bertz CT molecular complexity index is 220. The number of rotatable bonds is 0. The third-order valence-electron chi connectivity index (χ3n) is 2.73. The molecule has 0 aromatic heterocycles. The second-order valence-electron chi connectivity index (χ2n) is 3.53. The van der Waals surface area contributed by atoms with E-state index >= 15 is 0 Å². The fourth-order valence-corrected chi connectivity index (χ4v) is 1.75. The molecule has 3 nitrogen and oxygen atoms in total. The van der Waals surface area contributed by atoms with E-state index in [1.54, 1.807) is 0 Å². The zero-order chi connectivity index (χ0) is 8.88. The summed E-state index contributed by atoms with van der Waals surface area (Å²) in [5, 5.41) is 0. The number of hydrogen-bond acceptors (Lipinski definition) is 3. The predicted octanol–water partition coefficient (Wildman–Crippen LogP) is 1.10. The maximum Gasteiger partial charge on any atom is 0.313 e. The minimum atomic E-state index is -0.149. The summed E-state index contributed by atoms with van der Waals surface area (Å²) in [6.07, 6.45) is -0.194. The molecular formula is C9H12O3. The number of ether oxygens (including phenoxy) is 2. The van der Waals surface area contributed by atoms with E-state index in [4.69, 9.17) is 9.47 Å². The van der Waals surface area contributed by atoms with Crippen LogP contribution in [-0.2, 0) is 14.3 Å². The van der Waals surface area contributed by atoms with Gasteiger partial charge in [0.25, 0.3) is 0 Å². The van der Waals surface area contributed by atoms with Crippen molar-refractivity contribution in [2.45, 2.75) is 26.1 Å². The standard InChI is InChI=1S/C9H12O3/c1-4-6(3)11-8-5(2)9(10)12-7(4)8/h4-5,7-8H,3H2,1-2H3. The summed E-state index contributed by atoms with van der Waals surface area (Å²) in [7, 11) is 0.